The van der Waals surface area contributed by atoms with Crippen molar-refractivity contribution >= 4 is 7.60 Å². The highest BCUT2D eigenvalue weighted by molar-refractivity contribution is 7.50. The summed E-state index contributed by atoms with van der Waals surface area (Å²) in [6, 6.07) is 6.37. The Bertz CT molecular complexity index is 536. The van der Waals surface area contributed by atoms with Crippen LogP contribution in [0.3, 0.4) is 0 Å². The third-order valence-corrected chi connectivity index (χ3v) is 3.40. The van der Waals surface area contributed by atoms with Crippen LogP contribution in [0, 0.1) is 0 Å². The van der Waals surface area contributed by atoms with Crippen LogP contribution in [-0.2, 0) is 10.7 Å². The van der Waals surface area contributed by atoms with Crippen molar-refractivity contribution in [2.24, 2.45) is 5.11 Å². The molecule has 1 aromatic rings. The number of hydrogen-bond acceptors (Lipinski definition) is 3. The lowest BCUT2D eigenvalue weighted by Gasteiger charge is -2.25. The Morgan fingerprint density at radius 1 is 1.40 bits per heavy atom. The molecule has 0 saturated carbocycles. The van der Waals surface area contributed by atoms with E-state index in [1.807, 2.05) is 6.92 Å². The molecule has 1 unspecified atom stereocenters. The van der Waals surface area contributed by atoms with Crippen LogP contribution in [0.4, 0.5) is 0 Å². The summed E-state index contributed by atoms with van der Waals surface area (Å²) >= 11 is 0. The maximum absolute atomic E-state index is 10.9. The first kappa shape index (κ1) is 16.5. The smallest absolute Gasteiger partial charge is 0.329 e. The van der Waals surface area contributed by atoms with Crippen LogP contribution in [0.25, 0.3) is 10.4 Å². The molecule has 0 aromatic heterocycles. The van der Waals surface area contributed by atoms with Crippen molar-refractivity contribution in [2.75, 3.05) is 0 Å². The Kier molecular flexibility index (Phi) is 5.60. The summed E-state index contributed by atoms with van der Waals surface area (Å²) < 4.78 is 16.5. The fourth-order valence-electron chi connectivity index (χ4n) is 1.83. The van der Waals surface area contributed by atoms with Crippen LogP contribution in [0.2, 0.25) is 0 Å². The first-order chi connectivity index (χ1) is 9.28. The van der Waals surface area contributed by atoms with Gasteiger partial charge in [-0.05, 0) is 41.7 Å². The molecule has 1 aromatic carbocycles. The zero-order chi connectivity index (χ0) is 15.2. The first-order valence-corrected chi connectivity index (χ1v) is 7.96. The molecule has 0 aliphatic rings. The van der Waals surface area contributed by atoms with Gasteiger partial charge in [-0.3, -0.25) is 4.57 Å². The van der Waals surface area contributed by atoms with E-state index >= 15 is 0 Å². The summed E-state index contributed by atoms with van der Waals surface area (Å²) in [6.07, 6.45) is 1.06. The molecular weight excluding hydrogens is 281 g/mol. The van der Waals surface area contributed by atoms with Crippen molar-refractivity contribution in [1.29, 1.82) is 0 Å². The fraction of sp³-hybridized carbons (Fsp3) is 0.500. The maximum Gasteiger partial charge on any atom is 0.329 e. The van der Waals surface area contributed by atoms with Gasteiger partial charge in [0.05, 0.1) is 6.16 Å². The van der Waals surface area contributed by atoms with Gasteiger partial charge in [-0.1, -0.05) is 25.5 Å². The summed E-state index contributed by atoms with van der Waals surface area (Å²) in [5.41, 5.74) is 8.13. The van der Waals surface area contributed by atoms with E-state index in [0.717, 1.165) is 6.42 Å². The second-order valence-electron chi connectivity index (χ2n) is 4.68. The minimum absolute atomic E-state index is 0.310. The number of hydrogen-bond donors (Lipinski definition) is 2. The Morgan fingerprint density at radius 3 is 2.45 bits per heavy atom. The highest BCUT2D eigenvalue weighted by atomic mass is 31.2. The van der Waals surface area contributed by atoms with Gasteiger partial charge in [0.2, 0.25) is 0 Å². The largest absolute Gasteiger partial charge is 0.481 e. The van der Waals surface area contributed by atoms with Crippen molar-refractivity contribution < 1.29 is 19.1 Å². The van der Waals surface area contributed by atoms with E-state index in [0.29, 0.717) is 17.7 Å². The van der Waals surface area contributed by atoms with Gasteiger partial charge in [0.25, 0.3) is 0 Å². The Hall–Kier alpha value is -1.52. The van der Waals surface area contributed by atoms with Gasteiger partial charge in [0.1, 0.15) is 5.75 Å². The molecule has 20 heavy (non-hydrogen) atoms. The Labute approximate surface area is 117 Å². The lowest BCUT2D eigenvalue weighted by molar-refractivity contribution is 0.0857. The molecule has 110 valence electrons. The minimum atomic E-state index is -4.07. The van der Waals surface area contributed by atoms with Crippen LogP contribution >= 0.6 is 7.60 Å². The summed E-state index contributed by atoms with van der Waals surface area (Å²) in [7, 11) is -4.07. The number of azide groups is 1. The molecule has 0 aliphatic heterocycles. The number of nitrogens with zero attached hydrogens (tertiary/aromatic N) is 3. The van der Waals surface area contributed by atoms with E-state index < -0.39 is 13.3 Å². The highest BCUT2D eigenvalue weighted by Gasteiger charge is 2.23. The van der Waals surface area contributed by atoms with E-state index in [-0.39, 0.29) is 6.16 Å². The number of benzene rings is 1. The summed E-state index contributed by atoms with van der Waals surface area (Å²) in [4.78, 5) is 20.6. The van der Waals surface area contributed by atoms with Gasteiger partial charge in [-0.2, -0.15) is 0 Å². The van der Waals surface area contributed by atoms with Gasteiger partial charge in [-0.15, -0.1) is 0 Å². The second kappa shape index (κ2) is 6.77. The molecule has 8 heteroatoms. The Balaban J connectivity index is 2.83. The van der Waals surface area contributed by atoms with Crippen LogP contribution in [-0.4, -0.2) is 15.5 Å². The molecular formula is C12H18N3O4P. The van der Waals surface area contributed by atoms with Crippen LogP contribution < -0.4 is 4.74 Å². The highest BCUT2D eigenvalue weighted by Crippen LogP contribution is 2.39. The van der Waals surface area contributed by atoms with Gasteiger partial charge < -0.3 is 14.5 Å². The molecule has 0 amide bonds. The fourth-order valence-corrected chi connectivity index (χ4v) is 2.52. The molecule has 7 nitrogen and oxygen atoms in total. The van der Waals surface area contributed by atoms with Gasteiger partial charge in [0, 0.05) is 4.91 Å². The summed E-state index contributed by atoms with van der Waals surface area (Å²) in [6.45, 7) is 3.65. The molecule has 1 rings (SSSR count). The van der Waals surface area contributed by atoms with Gasteiger partial charge >= 0.3 is 7.60 Å². The van der Waals surface area contributed by atoms with Crippen molar-refractivity contribution in [1.82, 2.24) is 0 Å². The molecule has 0 aliphatic carbocycles. The second-order valence-corrected chi connectivity index (χ2v) is 6.33. The Morgan fingerprint density at radius 2 is 2.00 bits per heavy atom. The van der Waals surface area contributed by atoms with Gasteiger partial charge in [0.15, 0.2) is 5.72 Å². The summed E-state index contributed by atoms with van der Waals surface area (Å²) in [5.74, 6) is 0.489. The average Bonchev–Trinajstić information content (AvgIpc) is 2.30. The van der Waals surface area contributed by atoms with E-state index in [9.17, 15) is 4.57 Å². The van der Waals surface area contributed by atoms with Crippen molar-refractivity contribution in [3.05, 3.63) is 40.3 Å². The predicted molar refractivity (Wildman–Crippen MR) is 75.3 cm³/mol. The van der Waals surface area contributed by atoms with E-state index in [1.165, 1.54) is 0 Å². The van der Waals surface area contributed by atoms with Gasteiger partial charge in [-0.25, -0.2) is 0 Å². The van der Waals surface area contributed by atoms with Crippen molar-refractivity contribution in [3.8, 4) is 5.75 Å². The standard InChI is InChI=1S/C12H18N3O4P/c1-3-8-12(2,14-15-13)19-11-6-4-10(5-7-11)9-20(16,17)18/h4-7H,3,8-9H2,1-2H3,(H2,16,17,18). The van der Waals surface area contributed by atoms with E-state index in [4.69, 9.17) is 20.1 Å². The third-order valence-electron chi connectivity index (χ3n) is 2.62. The molecule has 0 spiro atoms. The van der Waals surface area contributed by atoms with Crippen LogP contribution in [0.5, 0.6) is 5.75 Å². The molecule has 0 bridgehead atoms. The lowest BCUT2D eigenvalue weighted by Crippen LogP contribution is -2.28. The number of ether oxygens (including phenoxy) is 1. The SMILES string of the molecule is CCCC(C)(N=[N+]=[N-])Oc1ccc(CP(=O)(O)O)cc1. The first-order valence-electron chi connectivity index (χ1n) is 6.17. The predicted octanol–water partition coefficient (Wildman–Crippen LogP) is 3.57. The summed E-state index contributed by atoms with van der Waals surface area (Å²) in [5, 5.41) is 3.66. The minimum Gasteiger partial charge on any atom is -0.481 e. The molecule has 2 N–H and O–H groups in total. The topological polar surface area (TPSA) is 116 Å². The molecule has 0 fully saturated rings. The third kappa shape index (κ3) is 5.63. The molecule has 0 saturated heterocycles. The molecule has 0 radical (unpaired) electrons. The van der Waals surface area contributed by atoms with Crippen molar-refractivity contribution in [2.45, 2.75) is 38.6 Å². The number of rotatable bonds is 7. The zero-order valence-corrected chi connectivity index (χ0v) is 12.3. The maximum atomic E-state index is 10.9. The lowest BCUT2D eigenvalue weighted by atomic mass is 10.1. The molecule has 0 heterocycles. The van der Waals surface area contributed by atoms with Crippen LogP contribution in [0.15, 0.2) is 29.4 Å². The van der Waals surface area contributed by atoms with Crippen molar-refractivity contribution in [3.63, 3.8) is 0 Å². The van der Waals surface area contributed by atoms with E-state index in [2.05, 4.69) is 10.0 Å². The quantitative estimate of drug-likeness (QED) is 0.346. The molecule has 1 atom stereocenters. The normalized spacial score (nSPS) is 14.2. The average molecular weight is 299 g/mol. The monoisotopic (exact) mass is 299 g/mol. The zero-order valence-electron chi connectivity index (χ0n) is 11.4. The van der Waals surface area contributed by atoms with Crippen LogP contribution in [0.1, 0.15) is 32.3 Å². The van der Waals surface area contributed by atoms with E-state index in [1.54, 1.807) is 31.2 Å².